The maximum absolute atomic E-state index is 5.65. The van der Waals surface area contributed by atoms with E-state index in [9.17, 15) is 0 Å². The van der Waals surface area contributed by atoms with Crippen LogP contribution < -0.4 is 5.32 Å². The van der Waals surface area contributed by atoms with Gasteiger partial charge in [0, 0.05) is 12.5 Å². The summed E-state index contributed by atoms with van der Waals surface area (Å²) >= 11 is 0. The molecule has 1 aliphatic carbocycles. The molecular formula is C16H28N2O. The number of nitrogens with one attached hydrogen (secondary N) is 1. The molecule has 1 N–H and O–H groups in total. The van der Waals surface area contributed by atoms with Crippen molar-refractivity contribution in [3.8, 4) is 0 Å². The smallest absolute Gasteiger partial charge is 0.208 e. The first-order valence-corrected chi connectivity index (χ1v) is 7.47. The van der Waals surface area contributed by atoms with Crippen LogP contribution in [0.4, 0.5) is 0 Å². The highest BCUT2D eigenvalue weighted by atomic mass is 16.4. The minimum atomic E-state index is 0.421. The molecule has 1 aromatic rings. The number of oxazole rings is 1. The second-order valence-electron chi connectivity index (χ2n) is 7.57. The summed E-state index contributed by atoms with van der Waals surface area (Å²) in [6, 6.07) is 0.565. The number of nitrogens with zero attached hydrogens (tertiary/aromatic N) is 1. The zero-order valence-electron chi connectivity index (χ0n) is 13.0. The van der Waals surface area contributed by atoms with E-state index in [-0.39, 0.29) is 0 Å². The first-order valence-electron chi connectivity index (χ1n) is 7.47. The Bertz CT molecular complexity index is 404. The summed E-state index contributed by atoms with van der Waals surface area (Å²) in [5.41, 5.74) is 0.842. The van der Waals surface area contributed by atoms with Gasteiger partial charge in [-0.3, -0.25) is 0 Å². The van der Waals surface area contributed by atoms with E-state index in [1.807, 2.05) is 6.20 Å². The Hall–Kier alpha value is -0.830. The summed E-state index contributed by atoms with van der Waals surface area (Å²) in [6.45, 7) is 12.3. The van der Waals surface area contributed by atoms with Crippen molar-refractivity contribution in [1.29, 1.82) is 0 Å². The van der Waals surface area contributed by atoms with Crippen molar-refractivity contribution >= 4 is 0 Å². The quantitative estimate of drug-likeness (QED) is 0.895. The molecule has 0 saturated heterocycles. The molecule has 3 heteroatoms. The van der Waals surface area contributed by atoms with Crippen molar-refractivity contribution in [3.05, 3.63) is 17.8 Å². The standard InChI is InChI=1S/C16H28N2O/c1-6-13-9-18-14(19-13)10-17-12-7-15(2,3)11-16(4,5)8-12/h9,12,17H,6-8,10-11H2,1-5H3. The number of rotatable bonds is 4. The maximum atomic E-state index is 5.65. The van der Waals surface area contributed by atoms with Gasteiger partial charge in [-0.1, -0.05) is 34.6 Å². The normalized spacial score (nSPS) is 22.6. The summed E-state index contributed by atoms with van der Waals surface area (Å²) in [5.74, 6) is 1.79. The van der Waals surface area contributed by atoms with E-state index < -0.39 is 0 Å². The highest BCUT2D eigenvalue weighted by molar-refractivity contribution is 4.95. The Morgan fingerprint density at radius 1 is 1.26 bits per heavy atom. The Balaban J connectivity index is 1.91. The van der Waals surface area contributed by atoms with Crippen LogP contribution in [0.5, 0.6) is 0 Å². The van der Waals surface area contributed by atoms with Gasteiger partial charge in [0.15, 0.2) is 0 Å². The number of hydrogen-bond acceptors (Lipinski definition) is 3. The predicted molar refractivity (Wildman–Crippen MR) is 77.9 cm³/mol. The van der Waals surface area contributed by atoms with Crippen molar-refractivity contribution < 1.29 is 4.42 Å². The van der Waals surface area contributed by atoms with E-state index in [2.05, 4.69) is 44.9 Å². The second kappa shape index (κ2) is 5.28. The first-order chi connectivity index (χ1) is 8.80. The van der Waals surface area contributed by atoms with Gasteiger partial charge in [-0.2, -0.15) is 0 Å². The van der Waals surface area contributed by atoms with E-state index >= 15 is 0 Å². The van der Waals surface area contributed by atoms with E-state index in [0.717, 1.165) is 24.6 Å². The lowest BCUT2D eigenvalue weighted by atomic mass is 9.63. The summed E-state index contributed by atoms with van der Waals surface area (Å²) in [7, 11) is 0. The molecule has 0 bridgehead atoms. The fraction of sp³-hybridized carbons (Fsp3) is 0.812. The molecule has 2 rings (SSSR count). The summed E-state index contributed by atoms with van der Waals surface area (Å²) in [6.07, 6.45) is 6.52. The average molecular weight is 264 g/mol. The third-order valence-corrected chi connectivity index (χ3v) is 4.05. The van der Waals surface area contributed by atoms with Crippen molar-refractivity contribution in [3.63, 3.8) is 0 Å². The van der Waals surface area contributed by atoms with Gasteiger partial charge in [-0.05, 0) is 30.1 Å². The minimum Gasteiger partial charge on any atom is -0.444 e. The Morgan fingerprint density at radius 2 is 1.89 bits per heavy atom. The van der Waals surface area contributed by atoms with Gasteiger partial charge in [0.25, 0.3) is 0 Å². The largest absolute Gasteiger partial charge is 0.444 e. The van der Waals surface area contributed by atoms with Gasteiger partial charge >= 0.3 is 0 Å². The van der Waals surface area contributed by atoms with Gasteiger partial charge in [0.05, 0.1) is 12.7 Å². The summed E-state index contributed by atoms with van der Waals surface area (Å²) in [4.78, 5) is 4.31. The van der Waals surface area contributed by atoms with Crippen molar-refractivity contribution in [2.24, 2.45) is 10.8 Å². The molecule has 1 aliphatic rings. The van der Waals surface area contributed by atoms with Gasteiger partial charge in [0.2, 0.25) is 5.89 Å². The monoisotopic (exact) mass is 264 g/mol. The van der Waals surface area contributed by atoms with Crippen LogP contribution in [-0.2, 0) is 13.0 Å². The SMILES string of the molecule is CCc1cnc(CNC2CC(C)(C)CC(C)(C)C2)o1. The molecule has 1 fully saturated rings. The lowest BCUT2D eigenvalue weighted by Crippen LogP contribution is -2.43. The molecule has 3 nitrogen and oxygen atoms in total. The van der Waals surface area contributed by atoms with Crippen LogP contribution in [0.25, 0.3) is 0 Å². The van der Waals surface area contributed by atoms with Crippen molar-refractivity contribution in [1.82, 2.24) is 10.3 Å². The maximum Gasteiger partial charge on any atom is 0.208 e. The molecular weight excluding hydrogens is 236 g/mol. The fourth-order valence-electron chi connectivity index (χ4n) is 3.82. The molecule has 108 valence electrons. The lowest BCUT2D eigenvalue weighted by Gasteiger charge is -2.45. The minimum absolute atomic E-state index is 0.421. The predicted octanol–water partition coefficient (Wildman–Crippen LogP) is 3.93. The van der Waals surface area contributed by atoms with Gasteiger partial charge in [-0.15, -0.1) is 0 Å². The fourth-order valence-corrected chi connectivity index (χ4v) is 3.82. The molecule has 1 aromatic heterocycles. The zero-order chi connectivity index (χ0) is 14.1. The van der Waals surface area contributed by atoms with E-state index in [1.165, 1.54) is 19.3 Å². The van der Waals surface area contributed by atoms with Crippen LogP contribution in [0.15, 0.2) is 10.6 Å². The Labute approximate surface area is 117 Å². The first kappa shape index (κ1) is 14.6. The van der Waals surface area contributed by atoms with Crippen LogP contribution in [-0.4, -0.2) is 11.0 Å². The Kier molecular flexibility index (Phi) is 4.05. The van der Waals surface area contributed by atoms with Crippen molar-refractivity contribution in [2.75, 3.05) is 0 Å². The van der Waals surface area contributed by atoms with Crippen LogP contribution in [0.2, 0.25) is 0 Å². The molecule has 19 heavy (non-hydrogen) atoms. The molecule has 0 radical (unpaired) electrons. The average Bonchev–Trinajstić information content (AvgIpc) is 2.70. The molecule has 0 amide bonds. The van der Waals surface area contributed by atoms with Crippen molar-refractivity contribution in [2.45, 2.75) is 72.9 Å². The van der Waals surface area contributed by atoms with Crippen LogP contribution in [0.1, 0.15) is 65.5 Å². The van der Waals surface area contributed by atoms with Gasteiger partial charge < -0.3 is 9.73 Å². The molecule has 0 aromatic carbocycles. The van der Waals surface area contributed by atoms with Crippen LogP contribution in [0.3, 0.4) is 0 Å². The van der Waals surface area contributed by atoms with E-state index in [1.54, 1.807) is 0 Å². The number of hydrogen-bond donors (Lipinski definition) is 1. The molecule has 0 atom stereocenters. The number of aromatic nitrogens is 1. The highest BCUT2D eigenvalue weighted by Gasteiger charge is 2.38. The van der Waals surface area contributed by atoms with Crippen LogP contribution in [0, 0.1) is 10.8 Å². The highest BCUT2D eigenvalue weighted by Crippen LogP contribution is 2.45. The molecule has 0 unspecified atom stereocenters. The third-order valence-electron chi connectivity index (χ3n) is 4.05. The van der Waals surface area contributed by atoms with E-state index in [0.29, 0.717) is 16.9 Å². The van der Waals surface area contributed by atoms with E-state index in [4.69, 9.17) is 4.42 Å². The third kappa shape index (κ3) is 4.07. The summed E-state index contributed by atoms with van der Waals surface area (Å²) in [5, 5.41) is 3.63. The molecule has 1 saturated carbocycles. The summed E-state index contributed by atoms with van der Waals surface area (Å²) < 4.78 is 5.65. The molecule has 0 spiro atoms. The second-order valence-corrected chi connectivity index (χ2v) is 7.57. The van der Waals surface area contributed by atoms with Crippen LogP contribution >= 0.6 is 0 Å². The van der Waals surface area contributed by atoms with Gasteiger partial charge in [0.1, 0.15) is 5.76 Å². The lowest BCUT2D eigenvalue weighted by molar-refractivity contribution is 0.0834. The van der Waals surface area contributed by atoms with Gasteiger partial charge in [-0.25, -0.2) is 4.98 Å². The number of aryl methyl sites for hydroxylation is 1. The topological polar surface area (TPSA) is 38.1 Å². The Morgan fingerprint density at radius 3 is 2.42 bits per heavy atom. The zero-order valence-corrected chi connectivity index (χ0v) is 13.0. The molecule has 0 aliphatic heterocycles. The molecule has 1 heterocycles.